The van der Waals surface area contributed by atoms with Crippen LogP contribution in [-0.4, -0.2) is 53.2 Å². The summed E-state index contributed by atoms with van der Waals surface area (Å²) in [6, 6.07) is 0. The largest absolute Gasteiger partial charge is 0.494 e. The van der Waals surface area contributed by atoms with Gasteiger partial charge in [-0.3, -0.25) is 0 Å². The number of unbranched alkanes of at least 4 members (excludes halogenated alkanes) is 8. The zero-order valence-electron chi connectivity index (χ0n) is 28.2. The van der Waals surface area contributed by atoms with E-state index in [-0.39, 0.29) is 0 Å². The molecule has 0 aromatic rings. The lowest BCUT2D eigenvalue weighted by atomic mass is 10.1. The van der Waals surface area contributed by atoms with E-state index in [1.807, 2.05) is 0 Å². The van der Waals surface area contributed by atoms with Gasteiger partial charge in [-0.15, -0.1) is 0 Å². The molecule has 0 saturated heterocycles. The second-order valence-corrected chi connectivity index (χ2v) is 10.6. The van der Waals surface area contributed by atoms with Crippen LogP contribution in [0, 0.1) is 0 Å². The second-order valence-electron chi connectivity index (χ2n) is 10.6. The van der Waals surface area contributed by atoms with E-state index in [2.05, 4.69) is 41.5 Å². The summed E-state index contributed by atoms with van der Waals surface area (Å²) < 4.78 is 43.8. The molecule has 0 bridgehead atoms. The monoisotopic (exact) mass is 586 g/mol. The minimum atomic E-state index is -0.813. The van der Waals surface area contributed by atoms with E-state index in [0.717, 1.165) is 114 Å². The van der Waals surface area contributed by atoms with Crippen molar-refractivity contribution in [3.8, 4) is 0 Å². The first-order valence-electron chi connectivity index (χ1n) is 16.8. The Labute approximate surface area is 253 Å². The molecule has 7 nitrogen and oxygen atoms in total. The van der Waals surface area contributed by atoms with Gasteiger partial charge in [0.15, 0.2) is 11.5 Å². The molecule has 0 aliphatic rings. The first kappa shape index (κ1) is 39.6. The van der Waals surface area contributed by atoms with Gasteiger partial charge in [0, 0.05) is 27.1 Å². The average Bonchev–Trinajstić information content (AvgIpc) is 2.98. The lowest BCUT2D eigenvalue weighted by Crippen LogP contribution is -2.32. The quantitative estimate of drug-likeness (QED) is 0.0471. The van der Waals surface area contributed by atoms with E-state index in [1.54, 1.807) is 14.2 Å². The number of methoxy groups -OCH3 is 2. The van der Waals surface area contributed by atoms with Gasteiger partial charge in [0.05, 0.1) is 26.4 Å². The summed E-state index contributed by atoms with van der Waals surface area (Å²) in [5.74, 6) is 2.82. The van der Waals surface area contributed by atoms with Crippen LogP contribution in [0.2, 0.25) is 0 Å². The Balaban J connectivity index is 6.48. The Morgan fingerprint density at radius 3 is 1.02 bits per heavy atom. The van der Waals surface area contributed by atoms with Gasteiger partial charge >= 0.3 is 0 Å². The van der Waals surface area contributed by atoms with Gasteiger partial charge in [0.2, 0.25) is 12.6 Å². The molecule has 244 valence electrons. The Bertz CT molecular complexity index is 569. The maximum atomic E-state index is 6.55. The van der Waals surface area contributed by atoms with Crippen molar-refractivity contribution < 1.29 is 33.2 Å². The van der Waals surface area contributed by atoms with Crippen molar-refractivity contribution in [3.63, 3.8) is 0 Å². The van der Waals surface area contributed by atoms with Crippen LogP contribution < -0.4 is 0 Å². The van der Waals surface area contributed by atoms with Crippen LogP contribution in [0.25, 0.3) is 0 Å². The topological polar surface area (TPSA) is 64.6 Å². The molecule has 0 rings (SSSR count). The minimum Gasteiger partial charge on any atom is -0.494 e. The fourth-order valence-electron chi connectivity index (χ4n) is 4.06. The summed E-state index contributed by atoms with van der Waals surface area (Å²) in [5, 5.41) is 0. The van der Waals surface area contributed by atoms with Crippen LogP contribution in [0.5, 0.6) is 0 Å². The van der Waals surface area contributed by atoms with Crippen molar-refractivity contribution in [2.45, 2.75) is 157 Å². The molecule has 0 aromatic carbocycles. The van der Waals surface area contributed by atoms with E-state index in [4.69, 9.17) is 33.2 Å². The first-order chi connectivity index (χ1) is 20.1. The van der Waals surface area contributed by atoms with Gasteiger partial charge in [0.25, 0.3) is 0 Å². The molecule has 0 fully saturated rings. The van der Waals surface area contributed by atoms with Crippen molar-refractivity contribution in [2.24, 2.45) is 0 Å². The zero-order valence-corrected chi connectivity index (χ0v) is 28.2. The highest BCUT2D eigenvalue weighted by atomic mass is 16.8. The fourth-order valence-corrected chi connectivity index (χ4v) is 4.06. The summed E-state index contributed by atoms with van der Waals surface area (Å²) in [7, 11) is 3.27. The molecular weight excluding hydrogens is 520 g/mol. The highest BCUT2D eigenvalue weighted by Crippen LogP contribution is 2.28. The SMILES string of the molecule is CCCCCC(OCCCC)=C(OCCCC)C(OC)OC(OC)C(OCCCC)=C(CCCCC)OCCCC. The van der Waals surface area contributed by atoms with Crippen molar-refractivity contribution in [1.29, 1.82) is 0 Å². The molecule has 0 spiro atoms. The van der Waals surface area contributed by atoms with Crippen LogP contribution in [0.15, 0.2) is 23.0 Å². The van der Waals surface area contributed by atoms with E-state index in [0.29, 0.717) is 37.9 Å². The van der Waals surface area contributed by atoms with Gasteiger partial charge in [0.1, 0.15) is 11.5 Å². The average molecular weight is 587 g/mol. The second kappa shape index (κ2) is 28.7. The molecule has 0 aliphatic carbocycles. The van der Waals surface area contributed by atoms with E-state index < -0.39 is 12.6 Å². The zero-order chi connectivity index (χ0) is 30.6. The van der Waals surface area contributed by atoms with Gasteiger partial charge in [-0.05, 0) is 38.5 Å². The standard InChI is InChI=1S/C34H66O7/c1-9-15-21-23-29(37-25-17-11-3)31(39-27-19-13-5)33(35-7)41-34(36-8)32(40-28-20-14-6)30(24-22-16-10-2)38-26-18-12-4/h33-34H,9-28H2,1-8H3. The molecule has 41 heavy (non-hydrogen) atoms. The first-order valence-corrected chi connectivity index (χ1v) is 16.8. The van der Waals surface area contributed by atoms with Crippen molar-refractivity contribution in [1.82, 2.24) is 0 Å². The molecule has 2 unspecified atom stereocenters. The van der Waals surface area contributed by atoms with Crippen molar-refractivity contribution >= 4 is 0 Å². The summed E-state index contributed by atoms with van der Waals surface area (Å²) in [5.41, 5.74) is 0. The van der Waals surface area contributed by atoms with Crippen molar-refractivity contribution in [3.05, 3.63) is 23.0 Å². The maximum absolute atomic E-state index is 6.55. The predicted octanol–water partition coefficient (Wildman–Crippen LogP) is 9.80. The van der Waals surface area contributed by atoms with Gasteiger partial charge in [-0.25, -0.2) is 0 Å². The summed E-state index contributed by atoms with van der Waals surface area (Å²) >= 11 is 0. The highest BCUT2D eigenvalue weighted by Gasteiger charge is 2.31. The van der Waals surface area contributed by atoms with E-state index in [9.17, 15) is 0 Å². The van der Waals surface area contributed by atoms with E-state index >= 15 is 0 Å². The van der Waals surface area contributed by atoms with Crippen LogP contribution in [0.3, 0.4) is 0 Å². The summed E-state index contributed by atoms with van der Waals surface area (Å²) in [4.78, 5) is 0. The molecule has 0 amide bonds. The Morgan fingerprint density at radius 1 is 0.415 bits per heavy atom. The summed E-state index contributed by atoms with van der Waals surface area (Å²) in [6.45, 7) is 15.5. The number of hydrogen-bond donors (Lipinski definition) is 0. The molecule has 0 N–H and O–H groups in total. The Morgan fingerprint density at radius 2 is 0.732 bits per heavy atom. The number of allylic oxidation sites excluding steroid dienone is 2. The van der Waals surface area contributed by atoms with Crippen LogP contribution in [0.1, 0.15) is 144 Å². The molecule has 2 atom stereocenters. The minimum absolute atomic E-state index is 0.569. The summed E-state index contributed by atoms with van der Waals surface area (Å²) in [6.07, 6.45) is 14.5. The molecule has 0 aliphatic heterocycles. The normalized spacial score (nSPS) is 14.2. The van der Waals surface area contributed by atoms with E-state index in [1.165, 1.54) is 0 Å². The van der Waals surface area contributed by atoms with Crippen LogP contribution in [-0.2, 0) is 33.2 Å². The molecule has 0 saturated carbocycles. The number of rotatable bonds is 30. The molecule has 0 radical (unpaired) electrons. The highest BCUT2D eigenvalue weighted by molar-refractivity contribution is 5.09. The smallest absolute Gasteiger partial charge is 0.222 e. The lowest BCUT2D eigenvalue weighted by Gasteiger charge is -2.29. The van der Waals surface area contributed by atoms with Gasteiger partial charge in [-0.2, -0.15) is 0 Å². The number of hydrogen-bond acceptors (Lipinski definition) is 7. The predicted molar refractivity (Wildman–Crippen MR) is 168 cm³/mol. The molecule has 0 aromatic heterocycles. The number of ether oxygens (including phenoxy) is 7. The van der Waals surface area contributed by atoms with Crippen LogP contribution in [0.4, 0.5) is 0 Å². The third-order valence-electron chi connectivity index (χ3n) is 6.73. The fraction of sp³-hybridized carbons (Fsp3) is 0.882. The molecule has 7 heteroatoms. The van der Waals surface area contributed by atoms with Gasteiger partial charge in [-0.1, -0.05) is 92.9 Å². The molecule has 0 heterocycles. The lowest BCUT2D eigenvalue weighted by molar-refractivity contribution is -0.227. The third-order valence-corrected chi connectivity index (χ3v) is 6.73. The maximum Gasteiger partial charge on any atom is 0.222 e. The van der Waals surface area contributed by atoms with Crippen molar-refractivity contribution in [2.75, 3.05) is 40.6 Å². The Kier molecular flexibility index (Phi) is 27.7. The molecular formula is C34H66O7. The third kappa shape index (κ3) is 18.7. The van der Waals surface area contributed by atoms with Crippen LogP contribution >= 0.6 is 0 Å². The van der Waals surface area contributed by atoms with Gasteiger partial charge < -0.3 is 33.2 Å². The Hall–Kier alpha value is -1.44.